The highest BCUT2D eigenvalue weighted by atomic mass is 16.1. The van der Waals surface area contributed by atoms with Gasteiger partial charge in [0.05, 0.1) is 0 Å². The zero-order valence-corrected chi connectivity index (χ0v) is 5.31. The van der Waals surface area contributed by atoms with Crippen LogP contribution in [0.4, 0.5) is 0 Å². The van der Waals surface area contributed by atoms with E-state index in [2.05, 4.69) is 5.32 Å². The van der Waals surface area contributed by atoms with Crippen LogP contribution in [0.3, 0.4) is 0 Å². The van der Waals surface area contributed by atoms with Crippen molar-refractivity contribution >= 4 is 6.29 Å². The second kappa shape index (κ2) is 6.63. The molecule has 0 saturated carbocycles. The molecule has 0 amide bonds. The van der Waals surface area contributed by atoms with Gasteiger partial charge in [0.15, 0.2) is 0 Å². The molecule has 1 N–H and O–H groups in total. The predicted molar refractivity (Wildman–Crippen MR) is 33.8 cm³/mol. The summed E-state index contributed by atoms with van der Waals surface area (Å²) < 4.78 is 0. The molecule has 0 unspecified atom stereocenters. The second-order valence-electron chi connectivity index (χ2n) is 1.69. The highest BCUT2D eigenvalue weighted by Gasteiger charge is 1.93. The number of hydrogen-bond donors (Lipinski definition) is 1. The smallest absolute Gasteiger partial charge is 0.116 e. The van der Waals surface area contributed by atoms with Crippen molar-refractivity contribution in [3.8, 4) is 0 Å². The lowest BCUT2D eigenvalue weighted by molar-refractivity contribution is -0.106. The molecule has 2 heteroatoms. The SMILES string of the molecule is C1CCNC1.CC=O. The Balaban J connectivity index is 0.000000145. The van der Waals surface area contributed by atoms with Crippen LogP contribution in [0.2, 0.25) is 0 Å². The normalized spacial score (nSPS) is 16.6. The minimum atomic E-state index is 0.750. The topological polar surface area (TPSA) is 29.1 Å². The molecule has 1 rings (SSSR count). The Morgan fingerprint density at radius 1 is 1.38 bits per heavy atom. The molecule has 0 aromatic carbocycles. The van der Waals surface area contributed by atoms with Gasteiger partial charge in [-0.2, -0.15) is 0 Å². The van der Waals surface area contributed by atoms with Crippen molar-refractivity contribution in [2.24, 2.45) is 0 Å². The predicted octanol–water partition coefficient (Wildman–Crippen LogP) is 0.575. The number of carbonyl (C=O) groups is 1. The van der Waals surface area contributed by atoms with Crippen molar-refractivity contribution < 1.29 is 4.79 Å². The fraction of sp³-hybridized carbons (Fsp3) is 0.833. The molecule has 0 radical (unpaired) electrons. The summed E-state index contributed by atoms with van der Waals surface area (Å²) in [6.45, 7) is 3.94. The van der Waals surface area contributed by atoms with Crippen LogP contribution in [-0.4, -0.2) is 19.4 Å². The van der Waals surface area contributed by atoms with E-state index in [1.165, 1.54) is 32.9 Å². The Morgan fingerprint density at radius 3 is 1.88 bits per heavy atom. The Bertz CT molecular complexity index is 42.9. The summed E-state index contributed by atoms with van der Waals surface area (Å²) in [6.07, 6.45) is 3.53. The minimum Gasteiger partial charge on any atom is -0.317 e. The number of hydrogen-bond acceptors (Lipinski definition) is 2. The van der Waals surface area contributed by atoms with Gasteiger partial charge in [0.25, 0.3) is 0 Å². The summed E-state index contributed by atoms with van der Waals surface area (Å²) in [7, 11) is 0. The van der Waals surface area contributed by atoms with E-state index in [1.807, 2.05) is 0 Å². The first-order chi connectivity index (χ1) is 3.91. The van der Waals surface area contributed by atoms with Crippen LogP contribution in [-0.2, 0) is 4.79 Å². The average Bonchev–Trinajstić information content (AvgIpc) is 2.17. The maximum atomic E-state index is 8.81. The Hall–Kier alpha value is -0.370. The van der Waals surface area contributed by atoms with Gasteiger partial charge in [-0.25, -0.2) is 0 Å². The van der Waals surface area contributed by atoms with E-state index in [0.717, 1.165) is 6.29 Å². The third kappa shape index (κ3) is 5.63. The Morgan fingerprint density at radius 2 is 1.75 bits per heavy atom. The van der Waals surface area contributed by atoms with Crippen LogP contribution in [0.25, 0.3) is 0 Å². The van der Waals surface area contributed by atoms with E-state index in [1.54, 1.807) is 0 Å². The van der Waals surface area contributed by atoms with E-state index in [4.69, 9.17) is 4.79 Å². The van der Waals surface area contributed by atoms with Crippen LogP contribution in [0.5, 0.6) is 0 Å². The fourth-order valence-electron chi connectivity index (χ4n) is 0.625. The summed E-state index contributed by atoms with van der Waals surface area (Å²) in [5.74, 6) is 0. The van der Waals surface area contributed by atoms with Crippen LogP contribution in [0.1, 0.15) is 19.8 Å². The fourth-order valence-corrected chi connectivity index (χ4v) is 0.625. The van der Waals surface area contributed by atoms with Gasteiger partial charge < -0.3 is 10.1 Å². The van der Waals surface area contributed by atoms with Crippen molar-refractivity contribution in [2.75, 3.05) is 13.1 Å². The molecule has 0 aliphatic carbocycles. The maximum Gasteiger partial charge on any atom is 0.116 e. The number of carbonyl (C=O) groups excluding carboxylic acids is 1. The molecule has 1 heterocycles. The van der Waals surface area contributed by atoms with E-state index >= 15 is 0 Å². The summed E-state index contributed by atoms with van der Waals surface area (Å²) in [4.78, 5) is 8.81. The van der Waals surface area contributed by atoms with E-state index in [0.29, 0.717) is 0 Å². The van der Waals surface area contributed by atoms with Crippen molar-refractivity contribution in [1.82, 2.24) is 5.32 Å². The molecule has 1 aliphatic heterocycles. The van der Waals surface area contributed by atoms with Crippen molar-refractivity contribution in [2.45, 2.75) is 19.8 Å². The Labute approximate surface area is 50.3 Å². The summed E-state index contributed by atoms with van der Waals surface area (Å²) >= 11 is 0. The number of aldehydes is 1. The van der Waals surface area contributed by atoms with Gasteiger partial charge in [-0.05, 0) is 32.9 Å². The number of rotatable bonds is 0. The first-order valence-electron chi connectivity index (χ1n) is 3.02. The molecule has 0 bridgehead atoms. The van der Waals surface area contributed by atoms with Crippen molar-refractivity contribution in [3.63, 3.8) is 0 Å². The molecular formula is C6H13NO. The first kappa shape index (κ1) is 7.63. The largest absolute Gasteiger partial charge is 0.317 e. The molecule has 48 valence electrons. The van der Waals surface area contributed by atoms with Gasteiger partial charge >= 0.3 is 0 Å². The first-order valence-corrected chi connectivity index (χ1v) is 3.02. The molecule has 0 aromatic rings. The third-order valence-electron chi connectivity index (χ3n) is 0.957. The second-order valence-corrected chi connectivity index (χ2v) is 1.69. The van der Waals surface area contributed by atoms with Gasteiger partial charge in [0.2, 0.25) is 0 Å². The molecule has 1 fully saturated rings. The molecule has 8 heavy (non-hydrogen) atoms. The zero-order chi connectivity index (χ0) is 6.24. The zero-order valence-electron chi connectivity index (χ0n) is 5.31. The lowest BCUT2D eigenvalue weighted by Crippen LogP contribution is -2.03. The van der Waals surface area contributed by atoms with Gasteiger partial charge in [-0.1, -0.05) is 0 Å². The lowest BCUT2D eigenvalue weighted by Gasteiger charge is -1.76. The highest BCUT2D eigenvalue weighted by molar-refractivity contribution is 5.44. The molecule has 1 aliphatic rings. The van der Waals surface area contributed by atoms with Crippen molar-refractivity contribution in [1.29, 1.82) is 0 Å². The van der Waals surface area contributed by atoms with Gasteiger partial charge in [-0.3, -0.25) is 0 Å². The molecule has 2 nitrogen and oxygen atoms in total. The van der Waals surface area contributed by atoms with Crippen LogP contribution >= 0.6 is 0 Å². The average molecular weight is 115 g/mol. The molecular weight excluding hydrogens is 102 g/mol. The number of nitrogens with one attached hydrogen (secondary N) is 1. The Kier molecular flexibility index (Phi) is 6.32. The van der Waals surface area contributed by atoms with Crippen molar-refractivity contribution in [3.05, 3.63) is 0 Å². The minimum absolute atomic E-state index is 0.750. The van der Waals surface area contributed by atoms with Gasteiger partial charge in [-0.15, -0.1) is 0 Å². The summed E-state index contributed by atoms with van der Waals surface area (Å²) in [6, 6.07) is 0. The van der Waals surface area contributed by atoms with Crippen LogP contribution < -0.4 is 5.32 Å². The van der Waals surface area contributed by atoms with Crippen LogP contribution in [0, 0.1) is 0 Å². The standard InChI is InChI=1S/C4H9N.C2H4O/c1-2-4-5-3-1;1-2-3/h5H,1-4H2;2H,1H3. The monoisotopic (exact) mass is 115 g/mol. The van der Waals surface area contributed by atoms with Gasteiger partial charge in [0, 0.05) is 0 Å². The maximum absolute atomic E-state index is 8.81. The molecule has 1 saturated heterocycles. The highest BCUT2D eigenvalue weighted by Crippen LogP contribution is 1.90. The van der Waals surface area contributed by atoms with Crippen LogP contribution in [0.15, 0.2) is 0 Å². The quantitative estimate of drug-likeness (QED) is 0.468. The molecule has 0 spiro atoms. The third-order valence-corrected chi connectivity index (χ3v) is 0.957. The van der Waals surface area contributed by atoms with E-state index in [-0.39, 0.29) is 0 Å². The molecule has 0 aromatic heterocycles. The van der Waals surface area contributed by atoms with E-state index in [9.17, 15) is 0 Å². The summed E-state index contributed by atoms with van der Waals surface area (Å²) in [5.41, 5.74) is 0. The lowest BCUT2D eigenvalue weighted by atomic mass is 10.4. The van der Waals surface area contributed by atoms with E-state index < -0.39 is 0 Å². The van der Waals surface area contributed by atoms with Gasteiger partial charge in [0.1, 0.15) is 6.29 Å². The summed E-state index contributed by atoms with van der Waals surface area (Å²) in [5, 5.41) is 3.22. The molecule has 0 atom stereocenters.